The summed E-state index contributed by atoms with van der Waals surface area (Å²) in [6.07, 6.45) is -0.925. The Morgan fingerprint density at radius 3 is 2.12 bits per heavy atom. The van der Waals surface area contributed by atoms with Crippen molar-refractivity contribution in [2.75, 3.05) is 18.6 Å². The highest BCUT2D eigenvalue weighted by atomic mass is 16.6. The Balaban J connectivity index is 1.53. The molecule has 0 N–H and O–H groups in total. The fraction of sp³-hybridized carbons (Fsp3) is 0.333. The maximum absolute atomic E-state index is 14.4. The number of nitrogens with zero attached hydrogens (tertiary/aromatic N) is 3. The van der Waals surface area contributed by atoms with Crippen LogP contribution in [-0.4, -0.2) is 64.6 Å². The second-order valence-electron chi connectivity index (χ2n) is 11.6. The average molecular weight is 586 g/mol. The third-order valence-corrected chi connectivity index (χ3v) is 7.51. The van der Waals surface area contributed by atoms with E-state index in [1.54, 1.807) is 70.3 Å². The van der Waals surface area contributed by atoms with Gasteiger partial charge in [-0.25, -0.2) is 19.3 Å². The Kier molecular flexibility index (Phi) is 8.12. The summed E-state index contributed by atoms with van der Waals surface area (Å²) >= 11 is 0. The van der Waals surface area contributed by atoms with Gasteiger partial charge in [0, 0.05) is 13.0 Å². The van der Waals surface area contributed by atoms with Crippen molar-refractivity contribution in [2.45, 2.75) is 57.5 Å². The Morgan fingerprint density at radius 2 is 1.51 bits per heavy atom. The van der Waals surface area contributed by atoms with Crippen LogP contribution in [0.3, 0.4) is 0 Å². The van der Waals surface area contributed by atoms with E-state index in [2.05, 4.69) is 0 Å². The minimum Gasteiger partial charge on any atom is -0.497 e. The van der Waals surface area contributed by atoms with Gasteiger partial charge in [-0.15, -0.1) is 0 Å². The number of benzene rings is 3. The SMILES string of the molecule is COc1ccc(CN2C(=O)N(c3ccccc3)C(=O)[C@@]23C[C@@H](C(=O)OC(C)(C)C)N(C(=O)OCc2ccccc2)C3)cc1. The monoisotopic (exact) mass is 585 g/mol. The van der Waals surface area contributed by atoms with Crippen molar-refractivity contribution >= 4 is 29.7 Å². The minimum atomic E-state index is -1.54. The number of carbonyl (C=O) groups excluding carboxylic acids is 4. The van der Waals surface area contributed by atoms with Gasteiger partial charge in [0.2, 0.25) is 0 Å². The molecule has 0 aromatic heterocycles. The molecule has 2 atom stereocenters. The third-order valence-electron chi connectivity index (χ3n) is 7.51. The fourth-order valence-electron chi connectivity index (χ4n) is 5.46. The number of amides is 4. The van der Waals surface area contributed by atoms with E-state index in [0.717, 1.165) is 16.0 Å². The molecule has 0 bridgehead atoms. The maximum atomic E-state index is 14.4. The van der Waals surface area contributed by atoms with E-state index in [4.69, 9.17) is 14.2 Å². The highest BCUT2D eigenvalue weighted by molar-refractivity contribution is 6.23. The van der Waals surface area contributed by atoms with Gasteiger partial charge in [-0.3, -0.25) is 9.69 Å². The van der Waals surface area contributed by atoms with Crippen LogP contribution in [0.15, 0.2) is 84.9 Å². The van der Waals surface area contributed by atoms with Crippen molar-refractivity contribution in [2.24, 2.45) is 0 Å². The normalized spacial score (nSPS) is 20.1. The van der Waals surface area contributed by atoms with Crippen LogP contribution in [0.5, 0.6) is 5.75 Å². The van der Waals surface area contributed by atoms with Crippen molar-refractivity contribution in [3.8, 4) is 5.75 Å². The number of ether oxygens (including phenoxy) is 3. The molecule has 0 radical (unpaired) electrons. The molecule has 2 heterocycles. The molecule has 0 aliphatic carbocycles. The predicted octanol–water partition coefficient (Wildman–Crippen LogP) is 5.16. The van der Waals surface area contributed by atoms with E-state index in [9.17, 15) is 19.2 Å². The molecule has 224 valence electrons. The van der Waals surface area contributed by atoms with Crippen LogP contribution in [0.1, 0.15) is 38.3 Å². The van der Waals surface area contributed by atoms with Crippen LogP contribution in [0, 0.1) is 0 Å². The van der Waals surface area contributed by atoms with Crippen LogP contribution in [0.2, 0.25) is 0 Å². The fourth-order valence-corrected chi connectivity index (χ4v) is 5.46. The molecule has 2 aliphatic rings. The van der Waals surface area contributed by atoms with Crippen molar-refractivity contribution in [3.05, 3.63) is 96.1 Å². The van der Waals surface area contributed by atoms with Crippen LogP contribution in [-0.2, 0) is 32.2 Å². The number of anilines is 1. The lowest BCUT2D eigenvalue weighted by molar-refractivity contribution is -0.159. The van der Waals surface area contributed by atoms with Crippen molar-refractivity contribution < 1.29 is 33.4 Å². The number of hydrogen-bond acceptors (Lipinski definition) is 7. The molecule has 3 aromatic carbocycles. The van der Waals surface area contributed by atoms with Crippen LogP contribution in [0.25, 0.3) is 0 Å². The standard InChI is InChI=1S/C33H35N3O7/c1-32(2,3)43-28(37)27-19-33(22-34(27)31(40)42-21-24-11-7-5-8-12-24)29(38)36(25-13-9-6-10-14-25)30(39)35(33)20-23-15-17-26(41-4)18-16-23/h5-18,27H,19-22H2,1-4H3/t27-,33-/m0/s1. The number of para-hydroxylation sites is 1. The van der Waals surface area contributed by atoms with Crippen LogP contribution < -0.4 is 9.64 Å². The molecule has 1 spiro atoms. The molecule has 2 fully saturated rings. The van der Waals surface area contributed by atoms with Gasteiger partial charge >= 0.3 is 18.1 Å². The first-order valence-corrected chi connectivity index (χ1v) is 14.1. The first-order chi connectivity index (χ1) is 20.5. The second kappa shape index (κ2) is 11.8. The number of methoxy groups -OCH3 is 1. The first kappa shape index (κ1) is 29.6. The summed E-state index contributed by atoms with van der Waals surface area (Å²) < 4.78 is 16.6. The third kappa shape index (κ3) is 6.04. The van der Waals surface area contributed by atoms with E-state index in [-0.39, 0.29) is 26.1 Å². The van der Waals surface area contributed by atoms with Gasteiger partial charge in [-0.2, -0.15) is 0 Å². The smallest absolute Gasteiger partial charge is 0.410 e. The van der Waals surface area contributed by atoms with Gasteiger partial charge in [-0.1, -0.05) is 60.7 Å². The average Bonchev–Trinajstić information content (AvgIpc) is 3.49. The number of likely N-dealkylation sites (tertiary alicyclic amines) is 1. The Hall–Kier alpha value is -4.86. The van der Waals surface area contributed by atoms with E-state index in [1.807, 2.05) is 42.5 Å². The van der Waals surface area contributed by atoms with Gasteiger partial charge in [0.1, 0.15) is 29.5 Å². The molecular weight excluding hydrogens is 550 g/mol. The Morgan fingerprint density at radius 1 is 0.884 bits per heavy atom. The lowest BCUT2D eigenvalue weighted by Gasteiger charge is -2.31. The van der Waals surface area contributed by atoms with Crippen molar-refractivity contribution in [1.82, 2.24) is 9.80 Å². The molecule has 2 aliphatic heterocycles. The van der Waals surface area contributed by atoms with E-state index in [1.165, 1.54) is 9.80 Å². The van der Waals surface area contributed by atoms with Crippen molar-refractivity contribution in [3.63, 3.8) is 0 Å². The summed E-state index contributed by atoms with van der Waals surface area (Å²) in [5, 5.41) is 0. The van der Waals surface area contributed by atoms with Crippen LogP contribution in [0.4, 0.5) is 15.3 Å². The zero-order valence-corrected chi connectivity index (χ0v) is 24.7. The number of carbonyl (C=O) groups is 4. The molecule has 4 amide bonds. The Labute approximate surface area is 250 Å². The molecular formula is C33H35N3O7. The van der Waals surface area contributed by atoms with Gasteiger partial charge in [0.05, 0.1) is 19.3 Å². The number of imide groups is 1. The molecule has 0 saturated carbocycles. The van der Waals surface area contributed by atoms with Crippen molar-refractivity contribution in [1.29, 1.82) is 0 Å². The number of urea groups is 1. The highest BCUT2D eigenvalue weighted by Gasteiger charge is 2.65. The molecule has 5 rings (SSSR count). The van der Waals surface area contributed by atoms with Gasteiger partial charge < -0.3 is 19.1 Å². The molecule has 2 saturated heterocycles. The molecule has 0 unspecified atom stereocenters. The zero-order valence-electron chi connectivity index (χ0n) is 24.7. The topological polar surface area (TPSA) is 106 Å². The summed E-state index contributed by atoms with van der Waals surface area (Å²) in [5.41, 5.74) is -0.480. The quantitative estimate of drug-likeness (QED) is 0.279. The van der Waals surface area contributed by atoms with Crippen LogP contribution >= 0.6 is 0 Å². The number of hydrogen-bond donors (Lipinski definition) is 0. The minimum absolute atomic E-state index is 0.0250. The summed E-state index contributed by atoms with van der Waals surface area (Å²) in [7, 11) is 1.56. The van der Waals surface area contributed by atoms with E-state index < -0.39 is 41.2 Å². The predicted molar refractivity (Wildman–Crippen MR) is 158 cm³/mol. The molecule has 3 aromatic rings. The van der Waals surface area contributed by atoms with Gasteiger partial charge in [0.25, 0.3) is 5.91 Å². The lowest BCUT2D eigenvalue weighted by Crippen LogP contribution is -2.52. The maximum Gasteiger partial charge on any atom is 0.410 e. The first-order valence-electron chi connectivity index (χ1n) is 14.1. The Bertz CT molecular complexity index is 1490. The van der Waals surface area contributed by atoms with E-state index >= 15 is 0 Å². The summed E-state index contributed by atoms with van der Waals surface area (Å²) in [4.78, 5) is 59.3. The molecule has 43 heavy (non-hydrogen) atoms. The summed E-state index contributed by atoms with van der Waals surface area (Å²) in [6, 6.07) is 23.2. The summed E-state index contributed by atoms with van der Waals surface area (Å²) in [6.45, 7) is 4.98. The summed E-state index contributed by atoms with van der Waals surface area (Å²) in [5.74, 6) is -0.556. The highest BCUT2D eigenvalue weighted by Crippen LogP contribution is 2.43. The van der Waals surface area contributed by atoms with Gasteiger partial charge in [0.15, 0.2) is 0 Å². The lowest BCUT2D eigenvalue weighted by atomic mass is 9.93. The number of rotatable bonds is 7. The molecule has 10 nitrogen and oxygen atoms in total. The molecule has 10 heteroatoms. The second-order valence-corrected chi connectivity index (χ2v) is 11.6. The largest absolute Gasteiger partial charge is 0.497 e. The zero-order chi connectivity index (χ0) is 30.8. The van der Waals surface area contributed by atoms with Gasteiger partial charge in [-0.05, 0) is 56.2 Å². The van der Waals surface area contributed by atoms with E-state index in [0.29, 0.717) is 11.4 Å². The number of esters is 1.